The number of para-hydroxylation sites is 4. The van der Waals surface area contributed by atoms with Crippen LogP contribution in [-0.4, -0.2) is 4.57 Å². The van der Waals surface area contributed by atoms with Crippen LogP contribution in [0.25, 0.3) is 93.9 Å². The Morgan fingerprint density at radius 3 is 1.38 bits per heavy atom. The predicted octanol–water partition coefficient (Wildman–Crippen LogP) is 19.5. The summed E-state index contributed by atoms with van der Waals surface area (Å²) in [6.07, 6.45) is 0. The Labute approximate surface area is 441 Å². The normalized spacial score (nSPS) is 12.6. The maximum atomic E-state index is 6.43. The molecule has 2 aromatic heterocycles. The van der Waals surface area contributed by atoms with Gasteiger partial charge in [-0.3, -0.25) is 0 Å². The maximum absolute atomic E-state index is 6.43. The van der Waals surface area contributed by atoms with Gasteiger partial charge in [0.05, 0.1) is 22.1 Å². The average molecular weight is 969 g/mol. The van der Waals surface area contributed by atoms with Crippen LogP contribution in [0.1, 0.15) is 22.3 Å². The quantitative estimate of drug-likeness (QED) is 0.144. The van der Waals surface area contributed by atoms with Gasteiger partial charge in [-0.1, -0.05) is 231 Å². The molecule has 0 aliphatic heterocycles. The Morgan fingerprint density at radius 2 is 0.763 bits per heavy atom. The van der Waals surface area contributed by atoms with Crippen LogP contribution in [0.2, 0.25) is 0 Å². The van der Waals surface area contributed by atoms with E-state index in [4.69, 9.17) is 4.42 Å². The second-order valence-electron chi connectivity index (χ2n) is 19.9. The van der Waals surface area contributed by atoms with Gasteiger partial charge in [0.2, 0.25) is 0 Å². The fourth-order valence-electron chi connectivity index (χ4n) is 12.5. The molecule has 0 saturated carbocycles. The van der Waals surface area contributed by atoms with E-state index in [9.17, 15) is 0 Å². The third kappa shape index (κ3) is 6.76. The largest absolute Gasteiger partial charge is 0.455 e. The Hall–Kier alpha value is -9.96. The van der Waals surface area contributed by atoms with E-state index in [1.165, 1.54) is 55.2 Å². The molecular weight excluding hydrogens is 921 g/mol. The summed E-state index contributed by atoms with van der Waals surface area (Å²) in [5, 5.41) is 4.80. The van der Waals surface area contributed by atoms with E-state index in [0.29, 0.717) is 0 Å². The van der Waals surface area contributed by atoms with Gasteiger partial charge < -0.3 is 13.9 Å². The first kappa shape index (κ1) is 43.6. The lowest BCUT2D eigenvalue weighted by molar-refractivity contribution is 0.670. The average Bonchev–Trinajstić information content (AvgIpc) is 4.35. The molecule has 0 radical (unpaired) electrons. The van der Waals surface area contributed by atoms with E-state index in [1.54, 1.807) is 0 Å². The van der Waals surface area contributed by atoms with Gasteiger partial charge in [-0.15, -0.1) is 0 Å². The zero-order valence-corrected chi connectivity index (χ0v) is 41.5. The molecule has 356 valence electrons. The molecule has 0 unspecified atom stereocenters. The minimum absolute atomic E-state index is 0.530. The van der Waals surface area contributed by atoms with E-state index in [-0.39, 0.29) is 0 Å². The highest BCUT2D eigenvalue weighted by molar-refractivity contribution is 6.10. The summed E-state index contributed by atoms with van der Waals surface area (Å²) in [5.74, 6) is 0. The second-order valence-corrected chi connectivity index (χ2v) is 19.9. The van der Waals surface area contributed by atoms with Crippen molar-refractivity contribution in [1.29, 1.82) is 0 Å². The third-order valence-electron chi connectivity index (χ3n) is 15.9. The maximum Gasteiger partial charge on any atom is 0.143 e. The van der Waals surface area contributed by atoms with E-state index >= 15 is 0 Å². The molecule has 0 fully saturated rings. The highest BCUT2D eigenvalue weighted by Gasteiger charge is 2.47. The number of hydrogen-bond donors (Lipinski definition) is 0. The smallest absolute Gasteiger partial charge is 0.143 e. The zero-order chi connectivity index (χ0) is 50.2. The van der Waals surface area contributed by atoms with Crippen LogP contribution < -0.4 is 4.90 Å². The monoisotopic (exact) mass is 968 g/mol. The third-order valence-corrected chi connectivity index (χ3v) is 15.9. The van der Waals surface area contributed by atoms with Crippen LogP contribution >= 0.6 is 0 Å². The molecule has 15 rings (SSSR count). The first-order valence-corrected chi connectivity index (χ1v) is 26.2. The summed E-state index contributed by atoms with van der Waals surface area (Å²) in [7, 11) is 0. The number of fused-ring (bicyclic) bond motifs is 9. The molecule has 0 saturated heterocycles. The van der Waals surface area contributed by atoms with Crippen LogP contribution in [0, 0.1) is 0 Å². The molecule has 76 heavy (non-hydrogen) atoms. The molecule has 0 spiro atoms. The number of hydrogen-bond acceptors (Lipinski definition) is 2. The number of furan rings is 1. The SMILES string of the molecule is c1ccc(C2(c3ccccc3)c3ccccc3-c3c(N(c4ccc(-c5ccc(-c6cccc7c6oc6ccccc67)cc5)cc4)c4ccc(-c5ccc(-n6c7ccccc7c7ccccc76)cc5)cc4)cccc32)cc1. The van der Waals surface area contributed by atoms with Gasteiger partial charge in [-0.25, -0.2) is 0 Å². The molecule has 3 heteroatoms. The molecule has 14 aromatic rings. The van der Waals surface area contributed by atoms with Crippen molar-refractivity contribution in [3.05, 3.63) is 313 Å². The summed E-state index contributed by atoms with van der Waals surface area (Å²) >= 11 is 0. The molecule has 1 aliphatic carbocycles. The van der Waals surface area contributed by atoms with Crippen molar-refractivity contribution in [2.45, 2.75) is 5.41 Å². The fraction of sp³-hybridized carbons (Fsp3) is 0.0137. The predicted molar refractivity (Wildman–Crippen MR) is 316 cm³/mol. The van der Waals surface area contributed by atoms with Crippen molar-refractivity contribution in [2.24, 2.45) is 0 Å². The second kappa shape index (κ2) is 17.6. The van der Waals surface area contributed by atoms with Crippen molar-refractivity contribution < 1.29 is 4.42 Å². The van der Waals surface area contributed by atoms with E-state index < -0.39 is 5.41 Å². The van der Waals surface area contributed by atoms with E-state index in [0.717, 1.165) is 78.1 Å². The van der Waals surface area contributed by atoms with Gasteiger partial charge in [0.25, 0.3) is 0 Å². The molecule has 12 aromatic carbocycles. The number of rotatable bonds is 9. The molecule has 0 amide bonds. The van der Waals surface area contributed by atoms with Gasteiger partial charge >= 0.3 is 0 Å². The Balaban J connectivity index is 0.842. The number of aromatic nitrogens is 1. The summed E-state index contributed by atoms with van der Waals surface area (Å²) in [6, 6.07) is 106. The van der Waals surface area contributed by atoms with Gasteiger partial charge in [0.15, 0.2) is 0 Å². The first-order valence-electron chi connectivity index (χ1n) is 26.2. The van der Waals surface area contributed by atoms with E-state index in [1.807, 2.05) is 12.1 Å². The van der Waals surface area contributed by atoms with Crippen LogP contribution in [-0.2, 0) is 5.41 Å². The van der Waals surface area contributed by atoms with Crippen molar-refractivity contribution in [3.63, 3.8) is 0 Å². The molecule has 0 N–H and O–H groups in total. The van der Waals surface area contributed by atoms with Crippen molar-refractivity contribution in [2.75, 3.05) is 4.90 Å². The Morgan fingerprint density at radius 1 is 0.316 bits per heavy atom. The molecule has 0 atom stereocenters. The number of benzene rings is 12. The highest BCUT2D eigenvalue weighted by atomic mass is 16.3. The first-order chi connectivity index (χ1) is 37.7. The summed E-state index contributed by atoms with van der Waals surface area (Å²) in [6.45, 7) is 0. The van der Waals surface area contributed by atoms with Gasteiger partial charge in [-0.05, 0) is 116 Å². The fourth-order valence-corrected chi connectivity index (χ4v) is 12.5. The van der Waals surface area contributed by atoms with Crippen LogP contribution in [0.15, 0.2) is 296 Å². The summed E-state index contributed by atoms with van der Waals surface area (Å²) < 4.78 is 8.80. The topological polar surface area (TPSA) is 21.3 Å². The van der Waals surface area contributed by atoms with Crippen molar-refractivity contribution >= 4 is 60.8 Å². The summed E-state index contributed by atoms with van der Waals surface area (Å²) in [4.78, 5) is 2.46. The Kier molecular flexibility index (Phi) is 10.1. The van der Waals surface area contributed by atoms with Gasteiger partial charge in [0, 0.05) is 49.7 Å². The molecular formula is C73H48N2O. The highest BCUT2D eigenvalue weighted by Crippen LogP contribution is 2.59. The van der Waals surface area contributed by atoms with Crippen LogP contribution in [0.5, 0.6) is 0 Å². The van der Waals surface area contributed by atoms with Crippen LogP contribution in [0.3, 0.4) is 0 Å². The van der Waals surface area contributed by atoms with Crippen molar-refractivity contribution in [3.8, 4) is 50.2 Å². The Bertz CT molecular complexity index is 4380. The molecule has 3 nitrogen and oxygen atoms in total. The lowest BCUT2D eigenvalue weighted by atomic mass is 9.68. The van der Waals surface area contributed by atoms with E-state index in [2.05, 4.69) is 289 Å². The minimum atomic E-state index is -0.530. The molecule has 2 heterocycles. The van der Waals surface area contributed by atoms with Crippen molar-refractivity contribution in [1.82, 2.24) is 4.57 Å². The number of anilines is 3. The molecule has 1 aliphatic rings. The standard InChI is InChI=1S/C73H48N2O/c1-3-17-54(18-4-1)73(55-19-5-2-6-20-55)65-27-11-7-24-64(65)71-66(73)28-16-31-69(71)74(56-43-37-50(38-44-56)49-33-35-53(36-34-49)59-25-15-26-63-62-23-10-14-32-70(62)76-72(59)63)57-45-39-51(40-46-57)52-41-47-58(48-42-52)75-67-29-12-8-21-60(67)61-22-9-13-30-68(61)75/h1-48H. The minimum Gasteiger partial charge on any atom is -0.455 e. The number of nitrogens with zero attached hydrogens (tertiary/aromatic N) is 2. The van der Waals surface area contributed by atoms with Gasteiger partial charge in [-0.2, -0.15) is 0 Å². The lowest BCUT2D eigenvalue weighted by Crippen LogP contribution is -2.28. The summed E-state index contributed by atoms with van der Waals surface area (Å²) in [5.41, 5.74) is 22.5. The van der Waals surface area contributed by atoms with Crippen LogP contribution in [0.4, 0.5) is 17.1 Å². The zero-order valence-electron chi connectivity index (χ0n) is 41.5. The lowest BCUT2D eigenvalue weighted by Gasteiger charge is -2.34. The van der Waals surface area contributed by atoms with Gasteiger partial charge in [0.1, 0.15) is 11.2 Å². The molecule has 0 bridgehead atoms.